The summed E-state index contributed by atoms with van der Waals surface area (Å²) in [6.07, 6.45) is 0.292. The molecule has 0 bridgehead atoms. The van der Waals surface area contributed by atoms with Gasteiger partial charge in [-0.1, -0.05) is 0 Å². The molecule has 0 radical (unpaired) electrons. The molecule has 0 aliphatic rings. The summed E-state index contributed by atoms with van der Waals surface area (Å²) in [6.45, 7) is 0.175. The Morgan fingerprint density at radius 3 is 2.79 bits per heavy atom. The third-order valence-corrected chi connectivity index (χ3v) is 1.74. The minimum absolute atomic E-state index is 0.175. The van der Waals surface area contributed by atoms with Gasteiger partial charge in [0, 0.05) is 12.5 Å². The van der Waals surface area contributed by atoms with Crippen molar-refractivity contribution < 1.29 is 14.2 Å². The van der Waals surface area contributed by atoms with Crippen molar-refractivity contribution in [2.75, 3.05) is 6.61 Å². The second-order valence-corrected chi connectivity index (χ2v) is 2.65. The summed E-state index contributed by atoms with van der Waals surface area (Å²) < 4.78 is 13.1. The van der Waals surface area contributed by atoms with E-state index in [2.05, 4.69) is 4.84 Å². The Labute approximate surface area is 79.4 Å². The molecule has 0 saturated carbocycles. The quantitative estimate of drug-likeness (QED) is 0.584. The summed E-state index contributed by atoms with van der Waals surface area (Å²) >= 11 is 0. The third-order valence-electron chi connectivity index (χ3n) is 1.74. The number of nitro groups is 1. The van der Waals surface area contributed by atoms with Crippen LogP contribution in [0, 0.1) is 15.9 Å². The summed E-state index contributed by atoms with van der Waals surface area (Å²) in [5.41, 5.74) is 0.0842. The molecule has 0 spiro atoms. The number of benzene rings is 1. The second-order valence-electron chi connectivity index (χ2n) is 2.65. The first-order valence-corrected chi connectivity index (χ1v) is 3.89. The summed E-state index contributed by atoms with van der Waals surface area (Å²) in [7, 11) is 0. The Balaban J connectivity index is 2.84. The van der Waals surface area contributed by atoms with Crippen LogP contribution in [-0.2, 0) is 11.3 Å². The SMILES string of the molecule is NOCCc1ccc([N+](=O)[O-])cc1F. The van der Waals surface area contributed by atoms with Gasteiger partial charge in [-0.05, 0) is 11.6 Å². The molecule has 5 nitrogen and oxygen atoms in total. The van der Waals surface area contributed by atoms with Crippen molar-refractivity contribution >= 4 is 5.69 Å². The van der Waals surface area contributed by atoms with Crippen LogP contribution in [0.2, 0.25) is 0 Å². The molecule has 0 aromatic heterocycles. The van der Waals surface area contributed by atoms with Gasteiger partial charge in [0.25, 0.3) is 5.69 Å². The van der Waals surface area contributed by atoms with Crippen LogP contribution in [-0.4, -0.2) is 11.5 Å². The Bertz CT molecular complexity index is 343. The zero-order chi connectivity index (χ0) is 10.6. The molecule has 6 heteroatoms. The number of nitro benzene ring substituents is 1. The maximum atomic E-state index is 13.1. The highest BCUT2D eigenvalue weighted by Gasteiger charge is 2.09. The summed E-state index contributed by atoms with van der Waals surface area (Å²) in [5, 5.41) is 10.3. The first kappa shape index (κ1) is 10.6. The molecule has 0 atom stereocenters. The van der Waals surface area contributed by atoms with Crippen LogP contribution in [0.25, 0.3) is 0 Å². The van der Waals surface area contributed by atoms with Crippen molar-refractivity contribution in [3.63, 3.8) is 0 Å². The fraction of sp³-hybridized carbons (Fsp3) is 0.250. The summed E-state index contributed by atoms with van der Waals surface area (Å²) in [5.74, 6) is 4.16. The molecule has 0 saturated heterocycles. The Hall–Kier alpha value is -1.53. The highest BCUT2D eigenvalue weighted by atomic mass is 19.1. The average Bonchev–Trinajstić information content (AvgIpc) is 2.15. The van der Waals surface area contributed by atoms with Crippen molar-refractivity contribution in [3.8, 4) is 0 Å². The van der Waals surface area contributed by atoms with E-state index >= 15 is 0 Å². The van der Waals surface area contributed by atoms with E-state index in [1.807, 2.05) is 0 Å². The fourth-order valence-corrected chi connectivity index (χ4v) is 1.02. The van der Waals surface area contributed by atoms with Gasteiger partial charge in [0.1, 0.15) is 5.82 Å². The van der Waals surface area contributed by atoms with Crippen LogP contribution < -0.4 is 5.90 Å². The lowest BCUT2D eigenvalue weighted by Crippen LogP contribution is -2.05. The number of nitrogens with zero attached hydrogens (tertiary/aromatic N) is 1. The molecule has 2 N–H and O–H groups in total. The summed E-state index contributed by atoms with van der Waals surface area (Å²) in [4.78, 5) is 13.9. The van der Waals surface area contributed by atoms with E-state index in [9.17, 15) is 14.5 Å². The zero-order valence-electron chi connectivity index (χ0n) is 7.27. The van der Waals surface area contributed by atoms with Crippen LogP contribution in [0.4, 0.5) is 10.1 Å². The lowest BCUT2D eigenvalue weighted by molar-refractivity contribution is -0.385. The standard InChI is InChI=1S/C8H9FN2O3/c9-8-5-7(11(12)13)2-1-6(8)3-4-14-10/h1-2,5H,3-4,10H2. The van der Waals surface area contributed by atoms with Gasteiger partial charge in [0.15, 0.2) is 0 Å². The van der Waals surface area contributed by atoms with Gasteiger partial charge in [-0.25, -0.2) is 10.3 Å². The van der Waals surface area contributed by atoms with Gasteiger partial charge in [0.2, 0.25) is 0 Å². The molecule has 76 valence electrons. The molecule has 14 heavy (non-hydrogen) atoms. The van der Waals surface area contributed by atoms with E-state index in [1.54, 1.807) is 0 Å². The molecular formula is C8H9FN2O3. The van der Waals surface area contributed by atoms with Gasteiger partial charge in [0.05, 0.1) is 17.6 Å². The number of halogens is 1. The van der Waals surface area contributed by atoms with E-state index < -0.39 is 10.7 Å². The molecule has 0 aliphatic carbocycles. The Morgan fingerprint density at radius 2 is 2.29 bits per heavy atom. The molecule has 1 aromatic carbocycles. The van der Waals surface area contributed by atoms with E-state index in [4.69, 9.17) is 5.90 Å². The molecule has 0 unspecified atom stereocenters. The number of hydrogen-bond donors (Lipinski definition) is 1. The smallest absolute Gasteiger partial charge is 0.272 e. The van der Waals surface area contributed by atoms with Crippen LogP contribution >= 0.6 is 0 Å². The molecule has 0 heterocycles. The fourth-order valence-electron chi connectivity index (χ4n) is 1.02. The van der Waals surface area contributed by atoms with E-state index in [1.165, 1.54) is 12.1 Å². The topological polar surface area (TPSA) is 78.4 Å². The van der Waals surface area contributed by atoms with Crippen molar-refractivity contribution in [2.45, 2.75) is 6.42 Å². The number of hydrogen-bond acceptors (Lipinski definition) is 4. The maximum Gasteiger partial charge on any atom is 0.272 e. The Morgan fingerprint density at radius 1 is 1.57 bits per heavy atom. The molecule has 0 amide bonds. The van der Waals surface area contributed by atoms with Crippen LogP contribution in [0.1, 0.15) is 5.56 Å². The normalized spacial score (nSPS) is 10.1. The molecule has 1 rings (SSSR count). The minimum Gasteiger partial charge on any atom is -0.304 e. The molecule has 1 aromatic rings. The number of rotatable bonds is 4. The van der Waals surface area contributed by atoms with Gasteiger partial charge in [-0.3, -0.25) is 10.1 Å². The minimum atomic E-state index is -0.647. The largest absolute Gasteiger partial charge is 0.304 e. The predicted octanol–water partition coefficient (Wildman–Crippen LogP) is 1.17. The van der Waals surface area contributed by atoms with E-state index in [0.717, 1.165) is 6.07 Å². The van der Waals surface area contributed by atoms with Crippen molar-refractivity contribution in [1.29, 1.82) is 0 Å². The van der Waals surface area contributed by atoms with Crippen molar-refractivity contribution in [2.24, 2.45) is 5.90 Å². The predicted molar refractivity (Wildman–Crippen MR) is 46.9 cm³/mol. The van der Waals surface area contributed by atoms with E-state index in [0.29, 0.717) is 12.0 Å². The van der Waals surface area contributed by atoms with Crippen LogP contribution in [0.5, 0.6) is 0 Å². The van der Waals surface area contributed by atoms with Gasteiger partial charge in [-0.15, -0.1) is 0 Å². The highest BCUT2D eigenvalue weighted by Crippen LogP contribution is 2.16. The molecular weight excluding hydrogens is 191 g/mol. The maximum absolute atomic E-state index is 13.1. The first-order chi connectivity index (χ1) is 6.65. The number of nitrogens with two attached hydrogens (primary N) is 1. The van der Waals surface area contributed by atoms with Crippen molar-refractivity contribution in [1.82, 2.24) is 0 Å². The molecule has 0 aliphatic heterocycles. The second kappa shape index (κ2) is 4.64. The number of non-ortho nitro benzene ring substituents is 1. The lowest BCUT2D eigenvalue weighted by atomic mass is 10.1. The first-order valence-electron chi connectivity index (χ1n) is 3.89. The third kappa shape index (κ3) is 2.48. The zero-order valence-corrected chi connectivity index (χ0v) is 7.27. The van der Waals surface area contributed by atoms with E-state index in [-0.39, 0.29) is 12.3 Å². The van der Waals surface area contributed by atoms with Crippen LogP contribution in [0.3, 0.4) is 0 Å². The van der Waals surface area contributed by atoms with Gasteiger partial charge < -0.3 is 4.84 Å². The van der Waals surface area contributed by atoms with Gasteiger partial charge in [-0.2, -0.15) is 0 Å². The highest BCUT2D eigenvalue weighted by molar-refractivity contribution is 5.34. The van der Waals surface area contributed by atoms with Crippen LogP contribution in [0.15, 0.2) is 18.2 Å². The lowest BCUT2D eigenvalue weighted by Gasteiger charge is -2.01. The summed E-state index contributed by atoms with van der Waals surface area (Å²) in [6, 6.07) is 3.48. The monoisotopic (exact) mass is 200 g/mol. The Kier molecular flexibility index (Phi) is 3.49. The van der Waals surface area contributed by atoms with Crippen molar-refractivity contribution in [3.05, 3.63) is 39.7 Å². The van der Waals surface area contributed by atoms with Gasteiger partial charge >= 0.3 is 0 Å². The average molecular weight is 200 g/mol. The molecule has 0 fully saturated rings.